The van der Waals surface area contributed by atoms with Crippen LogP contribution in [-0.4, -0.2) is 71.6 Å². The van der Waals surface area contributed by atoms with Crippen LogP contribution in [0.25, 0.3) is 10.4 Å². The molecule has 1 amide bonds. The molecule has 1 saturated heterocycles. The summed E-state index contributed by atoms with van der Waals surface area (Å²) < 4.78 is 18.9. The van der Waals surface area contributed by atoms with Crippen LogP contribution in [0.3, 0.4) is 0 Å². The number of amides is 1. The maximum atomic E-state index is 12.7. The van der Waals surface area contributed by atoms with Crippen LogP contribution in [0.15, 0.2) is 20.9 Å². The molecule has 17 heteroatoms. The molecule has 1 unspecified atom stereocenters. The number of azide groups is 1. The number of rotatable bonds is 9. The first-order chi connectivity index (χ1) is 15.7. The monoisotopic (exact) mass is 504 g/mol. The number of aromatic nitrogens is 2. The van der Waals surface area contributed by atoms with E-state index in [1.165, 1.54) is 13.1 Å². The van der Waals surface area contributed by atoms with E-state index in [9.17, 15) is 33.8 Å². The van der Waals surface area contributed by atoms with Gasteiger partial charge in [0.05, 0.1) is 12.1 Å². The van der Waals surface area contributed by atoms with Gasteiger partial charge in [0, 0.05) is 30.1 Å². The number of hydrogen-bond acceptors (Lipinski definition) is 9. The number of carbonyl (C=O) groups excluding carboxylic acids is 1. The highest BCUT2D eigenvalue weighted by atomic mass is 31.2. The molecule has 190 valence electrons. The van der Waals surface area contributed by atoms with E-state index in [0.29, 0.717) is 5.01 Å². The summed E-state index contributed by atoms with van der Waals surface area (Å²) in [6, 6.07) is -2.36. The van der Waals surface area contributed by atoms with Gasteiger partial charge in [0.15, 0.2) is 6.23 Å². The van der Waals surface area contributed by atoms with Crippen molar-refractivity contribution in [2.75, 3.05) is 7.05 Å². The van der Waals surface area contributed by atoms with Crippen molar-refractivity contribution in [3.63, 3.8) is 0 Å². The van der Waals surface area contributed by atoms with Crippen LogP contribution in [-0.2, 0) is 14.1 Å². The predicted molar refractivity (Wildman–Crippen MR) is 118 cm³/mol. The molecule has 34 heavy (non-hydrogen) atoms. The van der Waals surface area contributed by atoms with Gasteiger partial charge in [-0.05, 0) is 24.8 Å². The van der Waals surface area contributed by atoms with Gasteiger partial charge in [0.2, 0.25) is 0 Å². The fourth-order valence-corrected chi connectivity index (χ4v) is 4.52. The van der Waals surface area contributed by atoms with Gasteiger partial charge in [-0.25, -0.2) is 9.36 Å². The Kier molecular flexibility index (Phi) is 8.80. The van der Waals surface area contributed by atoms with Gasteiger partial charge < -0.3 is 25.4 Å². The SMILES string of the molecule is Cc1cn([C@H]2C[C@H](N=[N+]=[N-])[C@@H](C(O)N(C)N(C(=O)[C@@H](N)CC(C)C)P(=O)(O)O)O2)c(=O)[nH]c1=O. The number of H-pyrrole nitrogens is 1. The molecule has 0 bridgehead atoms. The van der Waals surface area contributed by atoms with E-state index in [4.69, 9.17) is 16.0 Å². The summed E-state index contributed by atoms with van der Waals surface area (Å²) in [5.74, 6) is -1.19. The number of carbonyl (C=O) groups is 1. The number of nitrogens with zero attached hydrogens (tertiary/aromatic N) is 6. The Hall–Kier alpha value is -2.55. The molecule has 1 aromatic heterocycles. The van der Waals surface area contributed by atoms with Crippen molar-refractivity contribution in [2.45, 2.75) is 64.3 Å². The Bertz CT molecular complexity index is 1110. The van der Waals surface area contributed by atoms with Gasteiger partial charge in [-0.1, -0.05) is 19.0 Å². The summed E-state index contributed by atoms with van der Waals surface area (Å²) in [6.45, 7) is 4.99. The molecule has 2 heterocycles. The number of aliphatic hydroxyl groups is 1. The highest BCUT2D eigenvalue weighted by molar-refractivity contribution is 7.49. The second-order valence-electron chi connectivity index (χ2n) is 8.41. The third-order valence-corrected chi connectivity index (χ3v) is 6.23. The van der Waals surface area contributed by atoms with Crippen molar-refractivity contribution >= 4 is 13.7 Å². The molecule has 1 fully saturated rings. The van der Waals surface area contributed by atoms with Crippen molar-refractivity contribution in [2.24, 2.45) is 16.8 Å². The molecule has 16 nitrogen and oxygen atoms in total. The first-order valence-electron chi connectivity index (χ1n) is 10.3. The Balaban J connectivity index is 2.39. The van der Waals surface area contributed by atoms with Crippen LogP contribution >= 0.6 is 7.75 Å². The highest BCUT2D eigenvalue weighted by Crippen LogP contribution is 2.43. The Labute approximate surface area is 193 Å². The first kappa shape index (κ1) is 27.7. The zero-order valence-corrected chi connectivity index (χ0v) is 19.9. The number of aromatic amines is 1. The van der Waals surface area contributed by atoms with Gasteiger partial charge in [0.25, 0.3) is 11.5 Å². The Morgan fingerprint density at radius 2 is 2.09 bits per heavy atom. The number of hydrazine groups is 1. The molecular weight excluding hydrogens is 475 g/mol. The lowest BCUT2D eigenvalue weighted by atomic mass is 10.0. The number of likely N-dealkylation sites (N-methyl/N-ethyl adjacent to an activating group) is 1. The van der Waals surface area contributed by atoms with Crippen molar-refractivity contribution in [1.82, 2.24) is 19.3 Å². The lowest BCUT2D eigenvalue weighted by molar-refractivity contribution is -0.177. The van der Waals surface area contributed by atoms with E-state index in [2.05, 4.69) is 15.0 Å². The number of hydrogen-bond donors (Lipinski definition) is 5. The fraction of sp³-hybridized carbons (Fsp3) is 0.706. The number of aryl methyl sites for hydroxylation is 1. The third kappa shape index (κ3) is 6.11. The molecule has 1 aromatic rings. The Morgan fingerprint density at radius 3 is 2.62 bits per heavy atom. The largest absolute Gasteiger partial charge is 0.447 e. The average Bonchev–Trinajstić information content (AvgIpc) is 3.12. The average molecular weight is 504 g/mol. The molecule has 0 spiro atoms. The van der Waals surface area contributed by atoms with Crippen LogP contribution in [0.4, 0.5) is 0 Å². The molecule has 1 aliphatic rings. The van der Waals surface area contributed by atoms with Crippen molar-refractivity contribution in [3.8, 4) is 0 Å². The fourth-order valence-electron chi connectivity index (χ4n) is 3.65. The van der Waals surface area contributed by atoms with Gasteiger partial charge in [-0.3, -0.25) is 19.1 Å². The Morgan fingerprint density at radius 1 is 1.47 bits per heavy atom. The second kappa shape index (κ2) is 10.8. The number of nitrogens with two attached hydrogens (primary N) is 1. The van der Waals surface area contributed by atoms with Crippen LogP contribution in [0.2, 0.25) is 0 Å². The maximum Gasteiger partial charge on any atom is 0.447 e. The lowest BCUT2D eigenvalue weighted by Crippen LogP contribution is -2.56. The second-order valence-corrected chi connectivity index (χ2v) is 9.81. The van der Waals surface area contributed by atoms with Crippen LogP contribution < -0.4 is 17.0 Å². The summed E-state index contributed by atoms with van der Waals surface area (Å²) in [5.41, 5.74) is 13.5. The molecular formula is C17H29N8O8P. The summed E-state index contributed by atoms with van der Waals surface area (Å²) in [5, 5.41) is 15.0. The van der Waals surface area contributed by atoms with E-state index in [1.807, 2.05) is 0 Å². The number of nitrogens with one attached hydrogen (secondary N) is 1. The van der Waals surface area contributed by atoms with E-state index in [-0.39, 0.29) is 29.1 Å². The zero-order valence-electron chi connectivity index (χ0n) is 19.0. The topological polar surface area (TPSA) is 240 Å². The summed E-state index contributed by atoms with van der Waals surface area (Å²) >= 11 is 0. The molecule has 0 aliphatic carbocycles. The molecule has 5 atom stereocenters. The van der Waals surface area contributed by atoms with E-state index in [0.717, 1.165) is 11.6 Å². The normalized spacial score (nSPS) is 22.5. The minimum absolute atomic E-state index is 0.0465. The quantitative estimate of drug-likeness (QED) is 0.0705. The molecule has 0 saturated carbocycles. The zero-order chi connectivity index (χ0) is 26.0. The molecule has 1 aliphatic heterocycles. The van der Waals surface area contributed by atoms with Crippen molar-refractivity contribution < 1.29 is 29.0 Å². The van der Waals surface area contributed by atoms with Gasteiger partial charge >= 0.3 is 13.4 Å². The molecule has 0 radical (unpaired) electrons. The standard InChI is InChI=1S/C17H29N8O8P/c1-8(2)5-10(18)15(27)25(34(30,31)32)23(4)16(28)13-11(21-22-19)6-12(33-13)24-7-9(3)14(26)20-17(24)29/h7-8,10-13,16,28H,5-6,18H2,1-4H3,(H,20,26,29)(H2,30,31,32)/t10-,11-,12+,13-,16?/m0/s1. The number of aliphatic hydroxyl groups excluding tert-OH is 1. The highest BCUT2D eigenvalue weighted by Gasteiger charge is 2.47. The van der Waals surface area contributed by atoms with Gasteiger partial charge in [0.1, 0.15) is 12.3 Å². The van der Waals surface area contributed by atoms with Crippen LogP contribution in [0.5, 0.6) is 0 Å². The molecule has 0 aromatic carbocycles. The summed E-state index contributed by atoms with van der Waals surface area (Å²) in [4.78, 5) is 61.0. The maximum absolute atomic E-state index is 12.7. The van der Waals surface area contributed by atoms with E-state index >= 15 is 0 Å². The lowest BCUT2D eigenvalue weighted by Gasteiger charge is -2.38. The molecule has 2 rings (SSSR count). The predicted octanol–water partition coefficient (Wildman–Crippen LogP) is -0.729. The van der Waals surface area contributed by atoms with Gasteiger partial charge in [-0.2, -0.15) is 9.79 Å². The number of ether oxygens (including phenoxy) is 1. The van der Waals surface area contributed by atoms with E-state index in [1.54, 1.807) is 13.8 Å². The smallest absolute Gasteiger partial charge is 0.374 e. The molecule has 6 N–H and O–H groups in total. The summed E-state index contributed by atoms with van der Waals surface area (Å²) in [7, 11) is -4.26. The third-order valence-electron chi connectivity index (χ3n) is 5.25. The summed E-state index contributed by atoms with van der Waals surface area (Å²) in [6.07, 6.45) is -3.16. The minimum atomic E-state index is -5.29. The van der Waals surface area contributed by atoms with Crippen LogP contribution in [0, 0.1) is 12.8 Å². The minimum Gasteiger partial charge on any atom is -0.374 e. The first-order valence-corrected chi connectivity index (χ1v) is 11.8. The van der Waals surface area contributed by atoms with Crippen LogP contribution in [0.1, 0.15) is 38.5 Å². The van der Waals surface area contributed by atoms with E-state index < -0.39 is 55.5 Å². The van der Waals surface area contributed by atoms with Crippen molar-refractivity contribution in [3.05, 3.63) is 43.0 Å². The van der Waals surface area contributed by atoms with Crippen molar-refractivity contribution in [1.29, 1.82) is 0 Å². The van der Waals surface area contributed by atoms with Gasteiger partial charge in [-0.15, -0.1) is 0 Å².